The minimum absolute atomic E-state index is 0.0410. The quantitative estimate of drug-likeness (QED) is 0.602. The standard InChI is InChI=1S/C24H21FN2O4/c1-13(14(2)21-22(28)27-24(29)31-21)11-17-9-10-20(26-23(17)30-3)16-8-7-15-5-4-6-19(25)18(15)12-16/h4-10,12-13H,11H2,1-3H3,(H,27,28,29). The molecule has 1 fully saturated rings. The molecule has 0 spiro atoms. The number of alkyl carbamates (subject to hydrolysis) is 1. The van der Waals surface area contributed by atoms with Gasteiger partial charge in [-0.15, -0.1) is 0 Å². The fourth-order valence-corrected chi connectivity index (χ4v) is 3.64. The summed E-state index contributed by atoms with van der Waals surface area (Å²) in [7, 11) is 1.54. The number of nitrogens with zero attached hydrogens (tertiary/aromatic N) is 1. The van der Waals surface area contributed by atoms with E-state index in [4.69, 9.17) is 9.47 Å². The lowest BCUT2D eigenvalue weighted by Crippen LogP contribution is -2.19. The smallest absolute Gasteiger partial charge is 0.419 e. The number of ether oxygens (including phenoxy) is 2. The van der Waals surface area contributed by atoms with Gasteiger partial charge >= 0.3 is 6.09 Å². The fourth-order valence-electron chi connectivity index (χ4n) is 3.64. The number of benzene rings is 2. The summed E-state index contributed by atoms with van der Waals surface area (Å²) < 4.78 is 24.7. The van der Waals surface area contributed by atoms with Crippen molar-refractivity contribution in [1.82, 2.24) is 10.3 Å². The summed E-state index contributed by atoms with van der Waals surface area (Å²) in [5.41, 5.74) is 2.95. The normalized spacial score (nSPS) is 16.1. The van der Waals surface area contributed by atoms with Crippen LogP contribution in [0.3, 0.4) is 0 Å². The number of hydrogen-bond acceptors (Lipinski definition) is 5. The molecule has 7 heteroatoms. The first kappa shape index (κ1) is 20.5. The second-order valence-electron chi connectivity index (χ2n) is 7.50. The van der Waals surface area contributed by atoms with Crippen LogP contribution in [0.5, 0.6) is 5.88 Å². The number of allylic oxidation sites excluding steroid dienone is 1. The second kappa shape index (κ2) is 8.18. The molecule has 4 rings (SSSR count). The maximum Gasteiger partial charge on any atom is 0.419 e. The number of rotatable bonds is 5. The molecule has 1 aromatic heterocycles. The number of aromatic nitrogens is 1. The van der Waals surface area contributed by atoms with Gasteiger partial charge in [0.1, 0.15) is 5.82 Å². The molecule has 1 atom stereocenters. The molecule has 1 aliphatic heterocycles. The minimum atomic E-state index is -0.762. The van der Waals surface area contributed by atoms with Crippen molar-refractivity contribution >= 4 is 22.8 Å². The Morgan fingerprint density at radius 2 is 2.00 bits per heavy atom. The van der Waals surface area contributed by atoms with Gasteiger partial charge in [-0.2, -0.15) is 0 Å². The lowest BCUT2D eigenvalue weighted by molar-refractivity contribution is -0.116. The van der Waals surface area contributed by atoms with Crippen LogP contribution in [0.2, 0.25) is 0 Å². The predicted octanol–water partition coefficient (Wildman–Crippen LogP) is 4.77. The van der Waals surface area contributed by atoms with E-state index in [-0.39, 0.29) is 17.5 Å². The number of amides is 2. The molecule has 1 aliphatic rings. The number of imide groups is 1. The van der Waals surface area contributed by atoms with E-state index < -0.39 is 12.0 Å². The van der Waals surface area contributed by atoms with Gasteiger partial charge in [-0.3, -0.25) is 10.1 Å². The summed E-state index contributed by atoms with van der Waals surface area (Å²) in [4.78, 5) is 27.7. The molecule has 2 aromatic carbocycles. The number of carbonyl (C=O) groups is 2. The molecule has 0 saturated carbocycles. The Balaban J connectivity index is 1.63. The van der Waals surface area contributed by atoms with Gasteiger partial charge in [0.25, 0.3) is 5.91 Å². The Morgan fingerprint density at radius 1 is 1.19 bits per heavy atom. The van der Waals surface area contributed by atoms with E-state index in [1.807, 2.05) is 37.3 Å². The number of halogens is 1. The molecule has 31 heavy (non-hydrogen) atoms. The topological polar surface area (TPSA) is 77.5 Å². The van der Waals surface area contributed by atoms with Gasteiger partial charge in [-0.05, 0) is 48.4 Å². The van der Waals surface area contributed by atoms with E-state index in [1.165, 1.54) is 13.2 Å². The third-order valence-electron chi connectivity index (χ3n) is 5.50. The van der Waals surface area contributed by atoms with Crippen molar-refractivity contribution < 1.29 is 23.5 Å². The highest BCUT2D eigenvalue weighted by atomic mass is 19.1. The third-order valence-corrected chi connectivity index (χ3v) is 5.50. The maximum atomic E-state index is 14.2. The highest BCUT2D eigenvalue weighted by Gasteiger charge is 2.30. The van der Waals surface area contributed by atoms with Crippen LogP contribution < -0.4 is 10.1 Å². The summed E-state index contributed by atoms with van der Waals surface area (Å²) in [6, 6.07) is 14.3. The summed E-state index contributed by atoms with van der Waals surface area (Å²) in [5, 5.41) is 3.46. The molecule has 0 aliphatic carbocycles. The van der Waals surface area contributed by atoms with Crippen LogP contribution in [0.1, 0.15) is 19.4 Å². The molecule has 0 bridgehead atoms. The first-order valence-corrected chi connectivity index (χ1v) is 9.84. The lowest BCUT2D eigenvalue weighted by atomic mass is 9.93. The van der Waals surface area contributed by atoms with Crippen LogP contribution in [0, 0.1) is 11.7 Å². The summed E-state index contributed by atoms with van der Waals surface area (Å²) in [5.74, 6) is -0.416. The van der Waals surface area contributed by atoms with Crippen molar-refractivity contribution in [2.75, 3.05) is 7.11 Å². The van der Waals surface area contributed by atoms with Crippen molar-refractivity contribution in [2.24, 2.45) is 5.92 Å². The van der Waals surface area contributed by atoms with Crippen molar-refractivity contribution in [3.63, 3.8) is 0 Å². The Labute approximate surface area is 178 Å². The maximum absolute atomic E-state index is 14.2. The first-order chi connectivity index (χ1) is 14.9. The number of fused-ring (bicyclic) bond motifs is 1. The average Bonchev–Trinajstić information content (AvgIpc) is 3.11. The Morgan fingerprint density at radius 3 is 2.71 bits per heavy atom. The largest absolute Gasteiger partial charge is 0.481 e. The number of hydrogen-bond donors (Lipinski definition) is 1. The van der Waals surface area contributed by atoms with Crippen LogP contribution in [0.15, 0.2) is 59.9 Å². The Hall–Kier alpha value is -3.74. The monoisotopic (exact) mass is 420 g/mol. The highest BCUT2D eigenvalue weighted by Crippen LogP contribution is 2.30. The van der Waals surface area contributed by atoms with Crippen LogP contribution in [-0.4, -0.2) is 24.1 Å². The molecule has 1 N–H and O–H groups in total. The second-order valence-corrected chi connectivity index (χ2v) is 7.50. The van der Waals surface area contributed by atoms with E-state index in [1.54, 1.807) is 19.1 Å². The van der Waals surface area contributed by atoms with Crippen LogP contribution in [0.25, 0.3) is 22.0 Å². The van der Waals surface area contributed by atoms with E-state index >= 15 is 0 Å². The summed E-state index contributed by atoms with van der Waals surface area (Å²) in [6.07, 6.45) is -0.231. The van der Waals surface area contributed by atoms with E-state index in [2.05, 4.69) is 10.3 Å². The number of carbonyl (C=O) groups excluding carboxylic acids is 2. The van der Waals surface area contributed by atoms with Crippen LogP contribution in [-0.2, 0) is 16.0 Å². The van der Waals surface area contributed by atoms with Gasteiger partial charge < -0.3 is 9.47 Å². The molecule has 2 amide bonds. The zero-order chi connectivity index (χ0) is 22.1. The summed E-state index contributed by atoms with van der Waals surface area (Å²) in [6.45, 7) is 3.69. The molecule has 1 saturated heterocycles. The van der Waals surface area contributed by atoms with Gasteiger partial charge in [0.15, 0.2) is 5.76 Å². The van der Waals surface area contributed by atoms with Crippen molar-refractivity contribution in [2.45, 2.75) is 20.3 Å². The summed E-state index contributed by atoms with van der Waals surface area (Å²) >= 11 is 0. The molecule has 1 unspecified atom stereocenters. The molecule has 0 radical (unpaired) electrons. The Bertz CT molecular complexity index is 1240. The van der Waals surface area contributed by atoms with Gasteiger partial charge in [0.2, 0.25) is 5.88 Å². The first-order valence-electron chi connectivity index (χ1n) is 9.84. The number of pyridine rings is 1. The zero-order valence-electron chi connectivity index (χ0n) is 17.4. The number of nitrogens with one attached hydrogen (secondary N) is 1. The van der Waals surface area contributed by atoms with E-state index in [0.717, 1.165) is 16.5 Å². The van der Waals surface area contributed by atoms with Crippen molar-refractivity contribution in [3.8, 4) is 17.1 Å². The number of cyclic esters (lactones) is 1. The lowest BCUT2D eigenvalue weighted by Gasteiger charge is -2.16. The molecule has 2 heterocycles. The van der Waals surface area contributed by atoms with Gasteiger partial charge in [0.05, 0.1) is 12.8 Å². The molecular weight excluding hydrogens is 399 g/mol. The van der Waals surface area contributed by atoms with Gasteiger partial charge in [-0.25, -0.2) is 14.2 Å². The van der Waals surface area contributed by atoms with Crippen LogP contribution in [0.4, 0.5) is 9.18 Å². The Kier molecular flexibility index (Phi) is 5.42. The molecule has 6 nitrogen and oxygen atoms in total. The van der Waals surface area contributed by atoms with Gasteiger partial charge in [-0.1, -0.05) is 37.3 Å². The highest BCUT2D eigenvalue weighted by molar-refractivity contribution is 6.07. The van der Waals surface area contributed by atoms with E-state index in [9.17, 15) is 14.0 Å². The third kappa shape index (κ3) is 3.99. The average molecular weight is 420 g/mol. The molecular formula is C24H21FN2O4. The molecule has 158 valence electrons. The fraction of sp³-hybridized carbons (Fsp3) is 0.208. The number of methoxy groups -OCH3 is 1. The van der Waals surface area contributed by atoms with Crippen molar-refractivity contribution in [3.05, 3.63) is 71.2 Å². The van der Waals surface area contributed by atoms with Crippen molar-refractivity contribution in [1.29, 1.82) is 0 Å². The molecule has 3 aromatic rings. The SMILES string of the molecule is COc1nc(-c2ccc3cccc(F)c3c2)ccc1CC(C)C(C)=C1OC(=O)NC1=O. The van der Waals surface area contributed by atoms with Crippen LogP contribution >= 0.6 is 0 Å². The minimum Gasteiger partial charge on any atom is -0.481 e. The zero-order valence-corrected chi connectivity index (χ0v) is 17.4. The van der Waals surface area contributed by atoms with Gasteiger partial charge in [0, 0.05) is 16.5 Å². The predicted molar refractivity (Wildman–Crippen MR) is 114 cm³/mol. The van der Waals surface area contributed by atoms with E-state index in [0.29, 0.717) is 29.0 Å².